The van der Waals surface area contributed by atoms with E-state index in [1.54, 1.807) is 29.2 Å². The highest BCUT2D eigenvalue weighted by Crippen LogP contribution is 2.20. The molecule has 27 heavy (non-hydrogen) atoms. The molecule has 3 rings (SSSR count). The molecule has 0 saturated carbocycles. The van der Waals surface area contributed by atoms with Gasteiger partial charge in [-0.25, -0.2) is 0 Å². The Morgan fingerprint density at radius 2 is 1.63 bits per heavy atom. The van der Waals surface area contributed by atoms with Crippen molar-refractivity contribution in [3.8, 4) is 0 Å². The van der Waals surface area contributed by atoms with E-state index in [4.69, 9.17) is 22.1 Å². The van der Waals surface area contributed by atoms with Crippen LogP contribution in [-0.2, 0) is 9.53 Å². The molecule has 6 nitrogen and oxygen atoms in total. The lowest BCUT2D eigenvalue weighted by Gasteiger charge is -2.31. The van der Waals surface area contributed by atoms with Gasteiger partial charge in [-0.3, -0.25) is 9.59 Å². The summed E-state index contributed by atoms with van der Waals surface area (Å²) in [7, 11) is 0. The van der Waals surface area contributed by atoms with Crippen molar-refractivity contribution in [3.05, 3.63) is 34.9 Å². The summed E-state index contributed by atoms with van der Waals surface area (Å²) in [6, 6.07) is 6.43. The van der Waals surface area contributed by atoms with Gasteiger partial charge in [0.25, 0.3) is 5.91 Å². The average Bonchev–Trinajstić information content (AvgIpc) is 2.94. The van der Waals surface area contributed by atoms with Crippen LogP contribution in [0.15, 0.2) is 24.3 Å². The van der Waals surface area contributed by atoms with E-state index in [9.17, 15) is 9.59 Å². The summed E-state index contributed by atoms with van der Waals surface area (Å²) in [4.78, 5) is 29.1. The fraction of sp³-hybridized carbons (Fsp3) is 0.579. The zero-order valence-electron chi connectivity index (χ0n) is 15.3. The van der Waals surface area contributed by atoms with Crippen LogP contribution in [0.4, 0.5) is 0 Å². The Labute approximate surface area is 171 Å². The van der Waals surface area contributed by atoms with Gasteiger partial charge in [-0.15, -0.1) is 12.4 Å². The normalized spacial score (nSPS) is 19.8. The third kappa shape index (κ3) is 5.57. The van der Waals surface area contributed by atoms with Crippen molar-refractivity contribution in [2.75, 3.05) is 39.4 Å². The number of carbonyl (C=O) groups excluding carboxylic acids is 2. The molecule has 1 atom stereocenters. The van der Waals surface area contributed by atoms with Gasteiger partial charge in [0.1, 0.15) is 0 Å². The lowest BCUT2D eigenvalue weighted by molar-refractivity contribution is -0.134. The predicted molar refractivity (Wildman–Crippen MR) is 107 cm³/mol. The summed E-state index contributed by atoms with van der Waals surface area (Å²) in [6.07, 6.45) is 2.43. The van der Waals surface area contributed by atoms with Crippen molar-refractivity contribution in [1.29, 1.82) is 0 Å². The van der Waals surface area contributed by atoms with E-state index in [-0.39, 0.29) is 30.1 Å². The van der Waals surface area contributed by atoms with Crippen molar-refractivity contribution in [1.82, 2.24) is 9.80 Å². The molecule has 1 aromatic carbocycles. The van der Waals surface area contributed by atoms with E-state index in [0.717, 1.165) is 19.3 Å². The van der Waals surface area contributed by atoms with E-state index in [1.165, 1.54) is 0 Å². The highest BCUT2D eigenvalue weighted by Gasteiger charge is 2.31. The van der Waals surface area contributed by atoms with Gasteiger partial charge < -0.3 is 20.3 Å². The molecule has 150 valence electrons. The van der Waals surface area contributed by atoms with Gasteiger partial charge in [-0.2, -0.15) is 0 Å². The van der Waals surface area contributed by atoms with E-state index in [1.807, 2.05) is 4.90 Å². The van der Waals surface area contributed by atoms with Gasteiger partial charge in [-0.05, 0) is 49.4 Å². The van der Waals surface area contributed by atoms with Crippen LogP contribution in [0, 0.1) is 5.92 Å². The van der Waals surface area contributed by atoms with Gasteiger partial charge in [0.05, 0.1) is 6.04 Å². The molecule has 8 heteroatoms. The Kier molecular flexibility index (Phi) is 8.35. The number of hydrogen-bond donors (Lipinski definition) is 1. The Morgan fingerprint density at radius 3 is 2.30 bits per heavy atom. The molecule has 2 saturated heterocycles. The van der Waals surface area contributed by atoms with E-state index >= 15 is 0 Å². The van der Waals surface area contributed by atoms with Crippen LogP contribution in [0.1, 0.15) is 29.6 Å². The van der Waals surface area contributed by atoms with Crippen molar-refractivity contribution in [3.63, 3.8) is 0 Å². The third-order valence-electron chi connectivity index (χ3n) is 5.24. The molecular weight excluding hydrogens is 389 g/mol. The van der Waals surface area contributed by atoms with Gasteiger partial charge in [0.2, 0.25) is 5.91 Å². The standard InChI is InChI=1S/C19H26ClN3O3.ClH/c20-16-4-2-15(3-5-16)18(24)22-8-1-9-23(11-10-22)19(25)17(21)14-6-12-26-13-7-14;/h2-5,14,17H,1,6-13,21H2;1H. The Morgan fingerprint density at radius 1 is 1.04 bits per heavy atom. The molecule has 2 fully saturated rings. The average molecular weight is 416 g/mol. The zero-order valence-corrected chi connectivity index (χ0v) is 16.9. The molecule has 2 heterocycles. The molecule has 0 bridgehead atoms. The minimum Gasteiger partial charge on any atom is -0.381 e. The molecule has 0 spiro atoms. The van der Waals surface area contributed by atoms with Gasteiger partial charge in [-0.1, -0.05) is 11.6 Å². The maximum atomic E-state index is 12.8. The fourth-order valence-corrected chi connectivity index (χ4v) is 3.73. The summed E-state index contributed by atoms with van der Waals surface area (Å²) in [5.41, 5.74) is 6.85. The summed E-state index contributed by atoms with van der Waals surface area (Å²) >= 11 is 5.89. The molecule has 0 aromatic heterocycles. The smallest absolute Gasteiger partial charge is 0.253 e. The predicted octanol–water partition coefficient (Wildman–Crippen LogP) is 2.19. The highest BCUT2D eigenvalue weighted by atomic mass is 35.5. The largest absolute Gasteiger partial charge is 0.381 e. The first-order chi connectivity index (χ1) is 12.6. The van der Waals surface area contributed by atoms with Crippen LogP contribution < -0.4 is 5.73 Å². The SMILES string of the molecule is Cl.NC(C(=O)N1CCCN(C(=O)c2ccc(Cl)cc2)CC1)C1CCOCC1. The number of amides is 2. The minimum atomic E-state index is -0.475. The summed E-state index contributed by atoms with van der Waals surface area (Å²) < 4.78 is 5.35. The first kappa shape index (κ1) is 22.0. The van der Waals surface area contributed by atoms with Crippen molar-refractivity contribution < 1.29 is 14.3 Å². The van der Waals surface area contributed by atoms with Crippen LogP contribution in [0.3, 0.4) is 0 Å². The topological polar surface area (TPSA) is 75.9 Å². The second kappa shape index (κ2) is 10.3. The first-order valence-electron chi connectivity index (χ1n) is 9.23. The summed E-state index contributed by atoms with van der Waals surface area (Å²) in [5, 5.41) is 0.608. The lowest BCUT2D eigenvalue weighted by Crippen LogP contribution is -2.50. The molecule has 2 aliphatic rings. The molecule has 2 amide bonds. The third-order valence-corrected chi connectivity index (χ3v) is 5.50. The molecule has 0 aliphatic carbocycles. The van der Waals surface area contributed by atoms with Crippen molar-refractivity contribution in [2.45, 2.75) is 25.3 Å². The van der Waals surface area contributed by atoms with Crippen molar-refractivity contribution in [2.24, 2.45) is 11.7 Å². The molecule has 2 N–H and O–H groups in total. The first-order valence-corrected chi connectivity index (χ1v) is 9.61. The summed E-state index contributed by atoms with van der Waals surface area (Å²) in [6.45, 7) is 3.67. The number of nitrogens with zero attached hydrogens (tertiary/aromatic N) is 2. The maximum Gasteiger partial charge on any atom is 0.253 e. The Bertz CT molecular complexity index is 636. The number of carbonyl (C=O) groups is 2. The summed E-state index contributed by atoms with van der Waals surface area (Å²) in [5.74, 6) is 0.161. The number of hydrogen-bond acceptors (Lipinski definition) is 4. The number of nitrogens with two attached hydrogens (primary N) is 1. The van der Waals surface area contributed by atoms with Gasteiger partial charge in [0.15, 0.2) is 0 Å². The van der Waals surface area contributed by atoms with Crippen LogP contribution in [0.2, 0.25) is 5.02 Å². The quantitative estimate of drug-likeness (QED) is 0.820. The maximum absolute atomic E-state index is 12.8. The second-order valence-electron chi connectivity index (χ2n) is 6.95. The van der Waals surface area contributed by atoms with Gasteiger partial charge in [0, 0.05) is 50.0 Å². The van der Waals surface area contributed by atoms with Crippen LogP contribution in [0.5, 0.6) is 0 Å². The number of rotatable bonds is 3. The van der Waals surface area contributed by atoms with E-state index < -0.39 is 6.04 Å². The minimum absolute atomic E-state index is 0. The number of halogens is 2. The molecule has 0 radical (unpaired) electrons. The molecular formula is C19H27Cl2N3O3. The Hall–Kier alpha value is -1.34. The van der Waals surface area contributed by atoms with E-state index in [0.29, 0.717) is 50.0 Å². The van der Waals surface area contributed by atoms with Gasteiger partial charge >= 0.3 is 0 Å². The number of benzene rings is 1. The lowest BCUT2D eigenvalue weighted by atomic mass is 9.91. The highest BCUT2D eigenvalue weighted by molar-refractivity contribution is 6.30. The van der Waals surface area contributed by atoms with Crippen molar-refractivity contribution >= 4 is 35.8 Å². The molecule has 2 aliphatic heterocycles. The number of ether oxygens (including phenoxy) is 1. The van der Waals surface area contributed by atoms with Crippen LogP contribution in [-0.4, -0.2) is 67.0 Å². The van der Waals surface area contributed by atoms with Crippen LogP contribution >= 0.6 is 24.0 Å². The second-order valence-corrected chi connectivity index (χ2v) is 7.39. The van der Waals surface area contributed by atoms with Crippen LogP contribution in [0.25, 0.3) is 0 Å². The van der Waals surface area contributed by atoms with E-state index in [2.05, 4.69) is 0 Å². The zero-order chi connectivity index (χ0) is 18.5. The fourth-order valence-electron chi connectivity index (χ4n) is 3.60. The monoisotopic (exact) mass is 415 g/mol. The Balaban J connectivity index is 0.00000261. The molecule has 1 aromatic rings. The molecule has 1 unspecified atom stereocenters.